The van der Waals surface area contributed by atoms with Crippen molar-refractivity contribution in [3.05, 3.63) is 53.2 Å². The minimum Gasteiger partial charge on any atom is -0.451 e. The van der Waals surface area contributed by atoms with E-state index in [1.165, 1.54) is 11.3 Å². The Labute approximate surface area is 130 Å². The number of carbonyl (C=O) groups is 1. The minimum atomic E-state index is -0.505. The summed E-state index contributed by atoms with van der Waals surface area (Å²) in [7, 11) is 0. The van der Waals surface area contributed by atoms with E-state index in [4.69, 9.17) is 9.15 Å². The molecule has 22 heavy (non-hydrogen) atoms. The molecule has 0 amide bonds. The van der Waals surface area contributed by atoms with Crippen molar-refractivity contribution >= 4 is 17.3 Å². The molecule has 0 radical (unpaired) electrons. The van der Waals surface area contributed by atoms with Gasteiger partial charge in [0.25, 0.3) is 5.89 Å². The van der Waals surface area contributed by atoms with Crippen molar-refractivity contribution in [2.24, 2.45) is 0 Å². The Balaban J connectivity index is 1.64. The second-order valence-corrected chi connectivity index (χ2v) is 5.28. The molecule has 0 saturated heterocycles. The van der Waals surface area contributed by atoms with Crippen molar-refractivity contribution in [2.75, 3.05) is 0 Å². The van der Waals surface area contributed by atoms with Crippen molar-refractivity contribution < 1.29 is 13.9 Å². The Morgan fingerprint density at radius 1 is 1.23 bits per heavy atom. The van der Waals surface area contributed by atoms with Crippen LogP contribution < -0.4 is 0 Å². The van der Waals surface area contributed by atoms with Gasteiger partial charge in [-0.1, -0.05) is 37.3 Å². The van der Waals surface area contributed by atoms with E-state index >= 15 is 0 Å². The van der Waals surface area contributed by atoms with Crippen LogP contribution in [0.5, 0.6) is 0 Å². The Morgan fingerprint density at radius 3 is 2.73 bits per heavy atom. The van der Waals surface area contributed by atoms with E-state index in [-0.39, 0.29) is 18.2 Å². The van der Waals surface area contributed by atoms with Crippen LogP contribution >= 0.6 is 11.3 Å². The molecule has 7 heteroatoms. The summed E-state index contributed by atoms with van der Waals surface area (Å²) >= 11 is 1.40. The Hall–Kier alpha value is -2.54. The zero-order valence-corrected chi connectivity index (χ0v) is 12.7. The molecule has 1 aromatic carbocycles. The highest BCUT2D eigenvalue weighted by Gasteiger charge is 2.15. The highest BCUT2D eigenvalue weighted by atomic mass is 32.1. The predicted octanol–water partition coefficient (Wildman–Crippen LogP) is 3.11. The third-order valence-electron chi connectivity index (χ3n) is 2.87. The Morgan fingerprint density at radius 2 is 2.00 bits per heavy atom. The zero-order valence-electron chi connectivity index (χ0n) is 11.9. The van der Waals surface area contributed by atoms with Crippen LogP contribution in [-0.4, -0.2) is 21.2 Å². The van der Waals surface area contributed by atoms with Gasteiger partial charge < -0.3 is 9.15 Å². The van der Waals surface area contributed by atoms with Gasteiger partial charge in [0.2, 0.25) is 5.89 Å². The van der Waals surface area contributed by atoms with E-state index in [1.54, 1.807) is 5.38 Å². The molecule has 0 spiro atoms. The maximum Gasteiger partial charge on any atom is 0.358 e. The highest BCUT2D eigenvalue weighted by Crippen LogP contribution is 2.23. The third-order valence-corrected chi connectivity index (χ3v) is 3.76. The van der Waals surface area contributed by atoms with Gasteiger partial charge in [0, 0.05) is 17.4 Å². The molecule has 0 saturated carbocycles. The normalized spacial score (nSPS) is 10.6. The van der Waals surface area contributed by atoms with Gasteiger partial charge in [-0.05, 0) is 0 Å². The van der Waals surface area contributed by atoms with Gasteiger partial charge in [-0.15, -0.1) is 21.5 Å². The average Bonchev–Trinajstić information content (AvgIpc) is 3.22. The number of hydrogen-bond acceptors (Lipinski definition) is 7. The summed E-state index contributed by atoms with van der Waals surface area (Å²) in [5.74, 6) is 0.296. The summed E-state index contributed by atoms with van der Waals surface area (Å²) in [6.07, 6.45) is 0.646. The second-order valence-electron chi connectivity index (χ2n) is 4.42. The van der Waals surface area contributed by atoms with Crippen LogP contribution in [0.1, 0.15) is 29.2 Å². The Bertz CT molecular complexity index is 767. The summed E-state index contributed by atoms with van der Waals surface area (Å²) in [5, 5.41) is 10.1. The molecule has 6 nitrogen and oxygen atoms in total. The van der Waals surface area contributed by atoms with Crippen molar-refractivity contribution in [2.45, 2.75) is 20.0 Å². The molecule has 0 N–H and O–H groups in total. The lowest BCUT2D eigenvalue weighted by Crippen LogP contribution is -2.05. The maximum absolute atomic E-state index is 12.0. The molecule has 0 fully saturated rings. The molecule has 0 aliphatic heterocycles. The van der Waals surface area contributed by atoms with Gasteiger partial charge in [-0.2, -0.15) is 0 Å². The van der Waals surface area contributed by atoms with E-state index in [1.807, 2.05) is 37.3 Å². The van der Waals surface area contributed by atoms with Crippen molar-refractivity contribution in [1.29, 1.82) is 0 Å². The molecule has 0 atom stereocenters. The average molecular weight is 315 g/mol. The first-order valence-corrected chi connectivity index (χ1v) is 7.63. The topological polar surface area (TPSA) is 78.1 Å². The van der Waals surface area contributed by atoms with Gasteiger partial charge in [-0.3, -0.25) is 0 Å². The van der Waals surface area contributed by atoms with Crippen molar-refractivity contribution in [3.8, 4) is 10.6 Å². The Kier molecular flexibility index (Phi) is 4.24. The lowest BCUT2D eigenvalue weighted by atomic mass is 10.2. The van der Waals surface area contributed by atoms with E-state index in [2.05, 4.69) is 15.2 Å². The largest absolute Gasteiger partial charge is 0.451 e. The summed E-state index contributed by atoms with van der Waals surface area (Å²) in [6.45, 7) is 1.85. The second kappa shape index (κ2) is 6.48. The third kappa shape index (κ3) is 3.20. The van der Waals surface area contributed by atoms with Crippen LogP contribution in [0.4, 0.5) is 0 Å². The van der Waals surface area contributed by atoms with Gasteiger partial charge in [0.15, 0.2) is 12.3 Å². The van der Waals surface area contributed by atoms with E-state index in [0.717, 1.165) is 10.6 Å². The summed E-state index contributed by atoms with van der Waals surface area (Å²) < 4.78 is 10.4. The minimum absolute atomic E-state index is 0.0516. The highest BCUT2D eigenvalue weighted by molar-refractivity contribution is 7.13. The number of benzene rings is 1. The number of rotatable bonds is 5. The fraction of sp³-hybridized carbons (Fsp3) is 0.200. The van der Waals surface area contributed by atoms with Crippen molar-refractivity contribution in [1.82, 2.24) is 15.2 Å². The van der Waals surface area contributed by atoms with E-state index in [0.29, 0.717) is 12.3 Å². The standard InChI is InChI=1S/C15H13N3O3S/c1-2-12-17-18-13(21-12)8-20-15(19)11-9-22-14(16-11)10-6-4-3-5-7-10/h3-7,9H,2,8H2,1H3. The maximum atomic E-state index is 12.0. The SMILES string of the molecule is CCc1nnc(COC(=O)c2csc(-c3ccccc3)n2)o1. The van der Waals surface area contributed by atoms with Crippen LogP contribution in [0.3, 0.4) is 0 Å². The molecule has 0 aliphatic carbocycles. The molecule has 0 unspecified atom stereocenters. The molecule has 0 bridgehead atoms. The van der Waals surface area contributed by atoms with Gasteiger partial charge >= 0.3 is 5.97 Å². The number of ether oxygens (including phenoxy) is 1. The molecule has 112 valence electrons. The molecular formula is C15H13N3O3S. The van der Waals surface area contributed by atoms with E-state index < -0.39 is 5.97 Å². The number of thiazole rings is 1. The fourth-order valence-corrected chi connectivity index (χ4v) is 2.57. The number of nitrogens with zero attached hydrogens (tertiary/aromatic N) is 3. The lowest BCUT2D eigenvalue weighted by molar-refractivity contribution is 0.0430. The molecule has 3 aromatic rings. The fourth-order valence-electron chi connectivity index (χ4n) is 1.77. The number of carbonyl (C=O) groups excluding carboxylic acids is 1. The smallest absolute Gasteiger partial charge is 0.358 e. The van der Waals surface area contributed by atoms with Gasteiger partial charge in [0.05, 0.1) is 0 Å². The first-order chi connectivity index (χ1) is 10.8. The lowest BCUT2D eigenvalue weighted by Gasteiger charge is -1.98. The van der Waals surface area contributed by atoms with Gasteiger partial charge in [-0.25, -0.2) is 9.78 Å². The van der Waals surface area contributed by atoms with Crippen LogP contribution in [0.2, 0.25) is 0 Å². The molecule has 2 heterocycles. The van der Waals surface area contributed by atoms with Crippen LogP contribution in [-0.2, 0) is 17.8 Å². The first kappa shape index (κ1) is 14.4. The van der Waals surface area contributed by atoms with E-state index in [9.17, 15) is 4.79 Å². The van der Waals surface area contributed by atoms with Gasteiger partial charge in [0.1, 0.15) is 5.01 Å². The number of esters is 1. The molecule has 0 aliphatic rings. The van der Waals surface area contributed by atoms with Crippen LogP contribution in [0.25, 0.3) is 10.6 Å². The predicted molar refractivity (Wildman–Crippen MR) is 80.3 cm³/mol. The molecular weight excluding hydrogens is 302 g/mol. The molecule has 3 rings (SSSR count). The quantitative estimate of drug-likeness (QED) is 0.673. The summed E-state index contributed by atoms with van der Waals surface area (Å²) in [4.78, 5) is 16.3. The summed E-state index contributed by atoms with van der Waals surface area (Å²) in [5.41, 5.74) is 1.25. The number of hydrogen-bond donors (Lipinski definition) is 0. The zero-order chi connectivity index (χ0) is 15.4. The van der Waals surface area contributed by atoms with Crippen molar-refractivity contribution in [3.63, 3.8) is 0 Å². The first-order valence-electron chi connectivity index (χ1n) is 6.75. The van der Waals surface area contributed by atoms with Crippen LogP contribution in [0, 0.1) is 0 Å². The van der Waals surface area contributed by atoms with Crippen LogP contribution in [0.15, 0.2) is 40.1 Å². The summed E-state index contributed by atoms with van der Waals surface area (Å²) in [6, 6.07) is 9.67. The molecule has 2 aromatic heterocycles. The number of aryl methyl sites for hydroxylation is 1. The monoisotopic (exact) mass is 315 g/mol. The number of aromatic nitrogens is 3.